The quantitative estimate of drug-likeness (QED) is 0.810. The zero-order valence-electron chi connectivity index (χ0n) is 11.5. The van der Waals surface area contributed by atoms with Crippen molar-refractivity contribution in [1.29, 1.82) is 0 Å². The Bertz CT molecular complexity index is 525. The van der Waals surface area contributed by atoms with Gasteiger partial charge < -0.3 is 11.1 Å². The van der Waals surface area contributed by atoms with Crippen molar-refractivity contribution in [2.24, 2.45) is 17.6 Å². The van der Waals surface area contributed by atoms with E-state index in [1.807, 2.05) is 18.2 Å². The maximum absolute atomic E-state index is 12.3. The molecule has 1 aliphatic carbocycles. The van der Waals surface area contributed by atoms with Crippen LogP contribution in [-0.4, -0.2) is 10.9 Å². The van der Waals surface area contributed by atoms with Crippen molar-refractivity contribution in [3.63, 3.8) is 0 Å². The minimum atomic E-state index is 0.112. The van der Waals surface area contributed by atoms with Gasteiger partial charge in [0.1, 0.15) is 4.99 Å². The highest BCUT2D eigenvalue weighted by atomic mass is 79.9. The van der Waals surface area contributed by atoms with Crippen molar-refractivity contribution >= 4 is 44.7 Å². The molecule has 1 fully saturated rings. The first-order valence-electron chi connectivity index (χ1n) is 6.87. The van der Waals surface area contributed by atoms with Gasteiger partial charge in [-0.1, -0.05) is 19.1 Å². The largest absolute Gasteiger partial charge is 0.389 e. The fraction of sp³-hybridized carbons (Fsp3) is 0.467. The number of hydrogen-bond donors (Lipinski definition) is 2. The van der Waals surface area contributed by atoms with Crippen molar-refractivity contribution in [2.45, 2.75) is 32.6 Å². The summed E-state index contributed by atoms with van der Waals surface area (Å²) in [5.41, 5.74) is 7.15. The first-order valence-corrected chi connectivity index (χ1v) is 8.07. The third-order valence-corrected chi connectivity index (χ3v) is 4.79. The number of carbonyl (C=O) groups excluding carboxylic acids is 1. The van der Waals surface area contributed by atoms with E-state index in [2.05, 4.69) is 28.2 Å². The number of hydrogen-bond acceptors (Lipinski definition) is 2. The maximum atomic E-state index is 12.3. The van der Waals surface area contributed by atoms with Gasteiger partial charge in [-0.2, -0.15) is 0 Å². The van der Waals surface area contributed by atoms with Gasteiger partial charge in [-0.15, -0.1) is 0 Å². The second kappa shape index (κ2) is 6.68. The first-order chi connectivity index (χ1) is 9.47. The van der Waals surface area contributed by atoms with Gasteiger partial charge in [0.05, 0.1) is 5.69 Å². The van der Waals surface area contributed by atoms with Crippen molar-refractivity contribution in [2.75, 3.05) is 5.32 Å². The van der Waals surface area contributed by atoms with Crippen LogP contribution in [0.4, 0.5) is 5.69 Å². The van der Waals surface area contributed by atoms with Gasteiger partial charge in [-0.3, -0.25) is 4.79 Å². The van der Waals surface area contributed by atoms with E-state index in [0.29, 0.717) is 4.99 Å². The second-order valence-electron chi connectivity index (χ2n) is 5.50. The van der Waals surface area contributed by atoms with Crippen molar-refractivity contribution in [3.05, 3.63) is 28.2 Å². The van der Waals surface area contributed by atoms with Crippen LogP contribution >= 0.6 is 28.1 Å². The maximum Gasteiger partial charge on any atom is 0.227 e. The third kappa shape index (κ3) is 3.79. The molecular weight excluding hydrogens is 336 g/mol. The van der Waals surface area contributed by atoms with Crippen LogP contribution in [0.25, 0.3) is 0 Å². The zero-order chi connectivity index (χ0) is 14.7. The molecule has 108 valence electrons. The normalized spacial score (nSPS) is 22.3. The molecule has 0 saturated heterocycles. The molecule has 3 N–H and O–H groups in total. The second-order valence-corrected chi connectivity index (χ2v) is 6.80. The lowest BCUT2D eigenvalue weighted by atomic mass is 9.82. The highest BCUT2D eigenvalue weighted by molar-refractivity contribution is 9.10. The van der Waals surface area contributed by atoms with Gasteiger partial charge in [0.2, 0.25) is 5.91 Å². The number of thiocarbonyl (C=S) groups is 1. The molecule has 2 rings (SSSR count). The molecule has 1 aromatic carbocycles. The Kier molecular flexibility index (Phi) is 5.16. The third-order valence-electron chi connectivity index (χ3n) is 3.90. The van der Waals surface area contributed by atoms with E-state index in [4.69, 9.17) is 18.0 Å². The average molecular weight is 355 g/mol. The summed E-state index contributed by atoms with van der Waals surface area (Å²) in [5.74, 6) is 0.990. The molecule has 3 nitrogen and oxygen atoms in total. The highest BCUT2D eigenvalue weighted by Crippen LogP contribution is 2.30. The molecule has 0 spiro atoms. The number of carbonyl (C=O) groups is 1. The van der Waals surface area contributed by atoms with Crippen molar-refractivity contribution < 1.29 is 4.79 Å². The Morgan fingerprint density at radius 3 is 2.55 bits per heavy atom. The zero-order valence-corrected chi connectivity index (χ0v) is 13.9. The smallest absolute Gasteiger partial charge is 0.227 e. The molecular formula is C15H19BrN2OS. The Labute approximate surface area is 133 Å². The number of nitrogens with one attached hydrogen (secondary N) is 1. The average Bonchev–Trinajstić information content (AvgIpc) is 2.41. The van der Waals surface area contributed by atoms with Crippen LogP contribution in [0, 0.1) is 11.8 Å². The van der Waals surface area contributed by atoms with Crippen LogP contribution in [0.1, 0.15) is 38.2 Å². The van der Waals surface area contributed by atoms with E-state index in [9.17, 15) is 4.79 Å². The minimum absolute atomic E-state index is 0.112. The van der Waals surface area contributed by atoms with Crippen LogP contribution in [-0.2, 0) is 4.79 Å². The Morgan fingerprint density at radius 1 is 1.35 bits per heavy atom. The summed E-state index contributed by atoms with van der Waals surface area (Å²) >= 11 is 8.38. The molecule has 1 aromatic rings. The van der Waals surface area contributed by atoms with Crippen LogP contribution < -0.4 is 11.1 Å². The number of rotatable bonds is 3. The molecule has 0 aromatic heterocycles. The summed E-state index contributed by atoms with van der Waals surface area (Å²) in [6.07, 6.45) is 4.24. The summed E-state index contributed by atoms with van der Waals surface area (Å²) < 4.78 is 0.806. The standard InChI is InChI=1S/C15H19BrN2OS/c1-9-2-4-10(5-3-9)15(19)18-13-7-6-11(14(17)20)8-12(13)16/h6-10H,2-5H2,1H3,(H2,17,20)(H,18,19). The fourth-order valence-corrected chi connectivity index (χ4v) is 3.13. The van der Waals surface area contributed by atoms with E-state index in [-0.39, 0.29) is 11.8 Å². The van der Waals surface area contributed by atoms with E-state index < -0.39 is 0 Å². The van der Waals surface area contributed by atoms with Gasteiger partial charge in [0, 0.05) is 16.0 Å². The monoisotopic (exact) mass is 354 g/mol. The van der Waals surface area contributed by atoms with Gasteiger partial charge in [0.15, 0.2) is 0 Å². The van der Waals surface area contributed by atoms with E-state index in [1.165, 1.54) is 0 Å². The summed E-state index contributed by atoms with van der Waals surface area (Å²) in [6, 6.07) is 5.49. The first kappa shape index (κ1) is 15.4. The Balaban J connectivity index is 2.02. The summed E-state index contributed by atoms with van der Waals surface area (Å²) in [4.78, 5) is 12.6. The summed E-state index contributed by atoms with van der Waals surface area (Å²) in [5, 5.41) is 2.99. The highest BCUT2D eigenvalue weighted by Gasteiger charge is 2.24. The fourth-order valence-electron chi connectivity index (χ4n) is 2.53. The lowest BCUT2D eigenvalue weighted by Gasteiger charge is -2.25. The topological polar surface area (TPSA) is 55.1 Å². The number of anilines is 1. The van der Waals surface area contributed by atoms with Crippen LogP contribution in [0.5, 0.6) is 0 Å². The molecule has 1 aliphatic rings. The number of halogens is 1. The molecule has 0 unspecified atom stereocenters. The molecule has 0 bridgehead atoms. The molecule has 5 heteroatoms. The van der Waals surface area contributed by atoms with Crippen LogP contribution in [0.3, 0.4) is 0 Å². The lowest BCUT2D eigenvalue weighted by molar-refractivity contribution is -0.121. The Hall–Kier alpha value is -0.940. The van der Waals surface area contributed by atoms with Crippen LogP contribution in [0.15, 0.2) is 22.7 Å². The number of amides is 1. The minimum Gasteiger partial charge on any atom is -0.389 e. The Morgan fingerprint density at radius 2 is 2.00 bits per heavy atom. The van der Waals surface area contributed by atoms with E-state index in [0.717, 1.165) is 47.3 Å². The molecule has 0 atom stereocenters. The van der Waals surface area contributed by atoms with Gasteiger partial charge in [-0.05, 0) is 65.7 Å². The summed E-state index contributed by atoms with van der Waals surface area (Å²) in [7, 11) is 0. The predicted molar refractivity (Wildman–Crippen MR) is 89.8 cm³/mol. The molecule has 0 radical (unpaired) electrons. The SMILES string of the molecule is CC1CCC(C(=O)Nc2ccc(C(N)=S)cc2Br)CC1. The van der Waals surface area contributed by atoms with Crippen molar-refractivity contribution in [1.82, 2.24) is 0 Å². The van der Waals surface area contributed by atoms with Crippen LogP contribution in [0.2, 0.25) is 0 Å². The summed E-state index contributed by atoms with van der Waals surface area (Å²) in [6.45, 7) is 2.25. The van der Waals surface area contributed by atoms with Gasteiger partial charge in [-0.25, -0.2) is 0 Å². The molecule has 1 amide bonds. The molecule has 20 heavy (non-hydrogen) atoms. The van der Waals surface area contributed by atoms with E-state index in [1.54, 1.807) is 0 Å². The van der Waals surface area contributed by atoms with E-state index >= 15 is 0 Å². The molecule has 1 saturated carbocycles. The van der Waals surface area contributed by atoms with Gasteiger partial charge in [0.25, 0.3) is 0 Å². The predicted octanol–water partition coefficient (Wildman–Crippen LogP) is 3.85. The molecule has 0 heterocycles. The van der Waals surface area contributed by atoms with Crippen molar-refractivity contribution in [3.8, 4) is 0 Å². The lowest BCUT2D eigenvalue weighted by Crippen LogP contribution is -2.26. The number of benzene rings is 1. The molecule has 0 aliphatic heterocycles. The van der Waals surface area contributed by atoms with Gasteiger partial charge >= 0.3 is 0 Å². The number of nitrogens with two attached hydrogens (primary N) is 1.